The molecule has 0 aromatic carbocycles. The second-order valence-electron chi connectivity index (χ2n) is 1.90. The molecule has 0 spiro atoms. The number of hydrogen-bond donors (Lipinski definition) is 2. The lowest BCUT2D eigenvalue weighted by Crippen LogP contribution is -2.19. The first-order chi connectivity index (χ1) is 4.61. The third-order valence-corrected chi connectivity index (χ3v) is 2.00. The Bertz CT molecular complexity index is 278. The first-order valence-electron chi connectivity index (χ1n) is 2.73. The van der Waals surface area contributed by atoms with Gasteiger partial charge in [0.15, 0.2) is 0 Å². The molecule has 5 nitrogen and oxygen atoms in total. The average Bonchev–Trinajstić information content (AvgIpc) is 1.88. The Hall–Kier alpha value is -0.850. The molecule has 0 aromatic rings. The molecular formula is C5H10N2O3S. The van der Waals surface area contributed by atoms with Crippen LogP contribution in [0.5, 0.6) is 0 Å². The fourth-order valence-corrected chi connectivity index (χ4v) is 1.16. The molecule has 11 heavy (non-hydrogen) atoms. The zero-order valence-corrected chi connectivity index (χ0v) is 6.56. The summed E-state index contributed by atoms with van der Waals surface area (Å²) in [6.07, 6.45) is 4.56. The Labute approximate surface area is 64.9 Å². The highest BCUT2D eigenvalue weighted by Gasteiger charge is 2.08. The van der Waals surface area contributed by atoms with Gasteiger partial charge in [0.1, 0.15) is 0 Å². The van der Waals surface area contributed by atoms with Crippen LogP contribution >= 0.6 is 0 Å². The molecular weight excluding hydrogens is 168 g/mol. The van der Waals surface area contributed by atoms with Crippen LogP contribution < -0.4 is 10.5 Å². The third kappa shape index (κ3) is 2.71. The molecule has 0 saturated carbocycles. The molecule has 64 valence electrons. The highest BCUT2D eigenvalue weighted by atomic mass is 32.2. The third-order valence-electron chi connectivity index (χ3n) is 1.09. The first-order valence-corrected chi connectivity index (χ1v) is 4.28. The van der Waals surface area contributed by atoms with Crippen molar-refractivity contribution >= 4 is 10.0 Å². The maximum absolute atomic E-state index is 10.6. The predicted octanol–water partition coefficient (Wildman–Crippen LogP) is -1.55. The Morgan fingerprint density at radius 2 is 2.18 bits per heavy atom. The summed E-state index contributed by atoms with van der Waals surface area (Å²) in [6.45, 7) is 0.652. The molecule has 6 heteroatoms. The van der Waals surface area contributed by atoms with Crippen LogP contribution in [0.2, 0.25) is 0 Å². The number of primary sulfonamides is 1. The summed E-state index contributed by atoms with van der Waals surface area (Å²) in [5.74, 6) is 0. The van der Waals surface area contributed by atoms with Gasteiger partial charge in [0.25, 0.3) is 0 Å². The van der Waals surface area contributed by atoms with E-state index >= 15 is 0 Å². The minimum Gasteiger partial charge on any atom is -0.412 e. The van der Waals surface area contributed by atoms with E-state index in [-0.39, 0.29) is 10.4 Å². The lowest BCUT2D eigenvalue weighted by atomic mass is 10.4. The van der Waals surface area contributed by atoms with Gasteiger partial charge in [-0.25, -0.2) is 13.6 Å². The molecule has 0 unspecified atom stereocenters. The van der Waals surface area contributed by atoms with Crippen LogP contribution in [0.3, 0.4) is 0 Å². The van der Waals surface area contributed by atoms with Crippen molar-refractivity contribution in [1.29, 1.82) is 0 Å². The van der Waals surface area contributed by atoms with Crippen molar-refractivity contribution < 1.29 is 13.9 Å². The summed E-state index contributed by atoms with van der Waals surface area (Å²) in [7, 11) is -3.51. The number of rotatable bonds is 1. The van der Waals surface area contributed by atoms with Gasteiger partial charge in [-0.2, -0.15) is 0 Å². The maximum Gasteiger partial charge on any atom is 0.239 e. The van der Waals surface area contributed by atoms with Crippen molar-refractivity contribution in [2.75, 3.05) is 6.54 Å². The van der Waals surface area contributed by atoms with Gasteiger partial charge < -0.3 is 10.8 Å². The molecule has 1 rings (SSSR count). The van der Waals surface area contributed by atoms with Crippen molar-refractivity contribution in [1.82, 2.24) is 5.32 Å². The predicted molar refractivity (Wildman–Crippen MR) is 41.9 cm³/mol. The van der Waals surface area contributed by atoms with E-state index in [0.29, 0.717) is 6.54 Å². The second-order valence-corrected chi connectivity index (χ2v) is 3.46. The molecule has 0 aromatic heterocycles. The molecule has 0 aliphatic carbocycles. The SMILES string of the molecule is NS(=O)(=O)C1=CNCC=C1.O. The summed E-state index contributed by atoms with van der Waals surface area (Å²) in [4.78, 5) is 0.124. The van der Waals surface area contributed by atoms with Gasteiger partial charge in [-0.05, 0) is 6.08 Å². The summed E-state index contributed by atoms with van der Waals surface area (Å²) in [6, 6.07) is 0. The van der Waals surface area contributed by atoms with Crippen LogP contribution in [0, 0.1) is 0 Å². The standard InChI is InChI=1S/C5H8N2O2S.H2O/c6-10(8,9)5-2-1-3-7-4-5;/h1-2,4,7H,3H2,(H2,6,8,9);1H2. The Morgan fingerprint density at radius 3 is 2.45 bits per heavy atom. The normalized spacial score (nSPS) is 16.3. The molecule has 0 radical (unpaired) electrons. The van der Waals surface area contributed by atoms with E-state index in [2.05, 4.69) is 5.32 Å². The Balaban J connectivity index is 0.000001000. The van der Waals surface area contributed by atoms with E-state index < -0.39 is 10.0 Å². The van der Waals surface area contributed by atoms with Crippen LogP contribution in [0.25, 0.3) is 0 Å². The minimum atomic E-state index is -3.51. The molecule has 1 aliphatic rings. The molecule has 5 N–H and O–H groups in total. The number of sulfonamides is 1. The fraction of sp³-hybridized carbons (Fsp3) is 0.200. The number of dihydropyridines is 1. The van der Waals surface area contributed by atoms with E-state index in [4.69, 9.17) is 5.14 Å². The van der Waals surface area contributed by atoms with E-state index in [1.165, 1.54) is 12.3 Å². The summed E-state index contributed by atoms with van der Waals surface area (Å²) in [5.41, 5.74) is 0. The number of allylic oxidation sites excluding steroid dienone is 1. The summed E-state index contributed by atoms with van der Waals surface area (Å²) < 4.78 is 21.2. The highest BCUT2D eigenvalue weighted by Crippen LogP contribution is 2.03. The molecule has 0 fully saturated rings. The zero-order chi connectivity index (χ0) is 7.61. The quantitative estimate of drug-likeness (QED) is 0.508. The summed E-state index contributed by atoms with van der Waals surface area (Å²) >= 11 is 0. The fourth-order valence-electron chi connectivity index (χ4n) is 0.628. The number of nitrogens with one attached hydrogen (secondary N) is 1. The van der Waals surface area contributed by atoms with Gasteiger partial charge in [-0.1, -0.05) is 6.08 Å². The van der Waals surface area contributed by atoms with Crippen molar-refractivity contribution in [2.45, 2.75) is 0 Å². The average molecular weight is 178 g/mol. The van der Waals surface area contributed by atoms with Crippen molar-refractivity contribution in [2.24, 2.45) is 5.14 Å². The van der Waals surface area contributed by atoms with Crippen LogP contribution in [-0.4, -0.2) is 20.4 Å². The van der Waals surface area contributed by atoms with E-state index in [1.807, 2.05) is 0 Å². The van der Waals surface area contributed by atoms with E-state index in [0.717, 1.165) is 0 Å². The van der Waals surface area contributed by atoms with E-state index in [1.54, 1.807) is 6.08 Å². The lowest BCUT2D eigenvalue weighted by Gasteiger charge is -2.04. The number of nitrogens with two attached hydrogens (primary N) is 1. The monoisotopic (exact) mass is 178 g/mol. The smallest absolute Gasteiger partial charge is 0.239 e. The van der Waals surface area contributed by atoms with Gasteiger partial charge in [-0.15, -0.1) is 0 Å². The topological polar surface area (TPSA) is 104 Å². The van der Waals surface area contributed by atoms with E-state index in [9.17, 15) is 8.42 Å². The zero-order valence-electron chi connectivity index (χ0n) is 5.74. The van der Waals surface area contributed by atoms with Crippen molar-refractivity contribution in [3.05, 3.63) is 23.3 Å². The lowest BCUT2D eigenvalue weighted by molar-refractivity contribution is 0.604. The molecule has 1 heterocycles. The molecule has 1 aliphatic heterocycles. The molecule has 0 bridgehead atoms. The molecule has 0 saturated heterocycles. The second kappa shape index (κ2) is 3.51. The number of hydrogen-bond acceptors (Lipinski definition) is 3. The summed E-state index contributed by atoms with van der Waals surface area (Å²) in [5, 5.41) is 7.56. The van der Waals surface area contributed by atoms with Crippen molar-refractivity contribution in [3.8, 4) is 0 Å². The van der Waals surface area contributed by atoms with Gasteiger partial charge in [0.05, 0.1) is 4.91 Å². The van der Waals surface area contributed by atoms with Crippen LogP contribution in [0.1, 0.15) is 0 Å². The highest BCUT2D eigenvalue weighted by molar-refractivity contribution is 7.93. The Kier molecular flexibility index (Phi) is 3.24. The largest absolute Gasteiger partial charge is 0.412 e. The van der Waals surface area contributed by atoms with Crippen LogP contribution in [0.4, 0.5) is 0 Å². The van der Waals surface area contributed by atoms with Gasteiger partial charge >= 0.3 is 0 Å². The first kappa shape index (κ1) is 10.2. The van der Waals surface area contributed by atoms with Gasteiger partial charge in [0.2, 0.25) is 10.0 Å². The van der Waals surface area contributed by atoms with Crippen LogP contribution in [0.15, 0.2) is 23.3 Å². The molecule has 0 amide bonds. The van der Waals surface area contributed by atoms with Crippen molar-refractivity contribution in [3.63, 3.8) is 0 Å². The molecule has 0 atom stereocenters. The van der Waals surface area contributed by atoms with Gasteiger partial charge in [-0.3, -0.25) is 0 Å². The Morgan fingerprint density at radius 1 is 1.55 bits per heavy atom. The van der Waals surface area contributed by atoms with Crippen LogP contribution in [-0.2, 0) is 10.0 Å². The van der Waals surface area contributed by atoms with Gasteiger partial charge in [0, 0.05) is 12.7 Å². The maximum atomic E-state index is 10.6. The minimum absolute atomic E-state index is 0.